The van der Waals surface area contributed by atoms with Gasteiger partial charge in [0.05, 0.1) is 12.0 Å². The van der Waals surface area contributed by atoms with E-state index in [0.29, 0.717) is 0 Å². The largest absolute Gasteiger partial charge is 0.416 e. The third-order valence-electron chi connectivity index (χ3n) is 3.30. The standard InChI is InChI=1S/C13H10F3N5O2/c14-13(15,16)7-2-1-3-8(4-7)18-11(23)9-5-10(22)19-12-20-17-6-21(9)12/h1-4,6,9H,5H2,(H,18,23)(H,19,20,22)/t9-/m1/s1. The number of benzene rings is 1. The zero-order valence-electron chi connectivity index (χ0n) is 11.5. The highest BCUT2D eigenvalue weighted by molar-refractivity contribution is 6.00. The topological polar surface area (TPSA) is 88.9 Å². The van der Waals surface area contributed by atoms with E-state index in [0.717, 1.165) is 12.1 Å². The number of alkyl halides is 3. The van der Waals surface area contributed by atoms with E-state index in [9.17, 15) is 22.8 Å². The first-order chi connectivity index (χ1) is 10.8. The molecule has 1 aromatic heterocycles. The van der Waals surface area contributed by atoms with Gasteiger partial charge >= 0.3 is 6.18 Å². The summed E-state index contributed by atoms with van der Waals surface area (Å²) in [5.41, 5.74) is -0.882. The molecule has 1 aliphatic heterocycles. The Balaban J connectivity index is 1.82. The van der Waals surface area contributed by atoms with Gasteiger partial charge in [-0.1, -0.05) is 6.07 Å². The minimum Gasteiger partial charge on any atom is -0.324 e. The molecule has 1 aromatic carbocycles. The van der Waals surface area contributed by atoms with Crippen LogP contribution in [-0.4, -0.2) is 26.6 Å². The Hall–Kier alpha value is -2.91. The monoisotopic (exact) mass is 325 g/mol. The summed E-state index contributed by atoms with van der Waals surface area (Å²) in [6.45, 7) is 0. The van der Waals surface area contributed by atoms with Crippen molar-refractivity contribution < 1.29 is 22.8 Å². The van der Waals surface area contributed by atoms with Crippen LogP contribution in [0.15, 0.2) is 30.6 Å². The summed E-state index contributed by atoms with van der Waals surface area (Å²) in [5.74, 6) is -0.930. The van der Waals surface area contributed by atoms with Gasteiger partial charge in [0.15, 0.2) is 0 Å². The number of halogens is 3. The molecule has 0 saturated carbocycles. The van der Waals surface area contributed by atoms with Crippen molar-refractivity contribution in [3.05, 3.63) is 36.2 Å². The van der Waals surface area contributed by atoms with E-state index in [1.807, 2.05) is 0 Å². The molecule has 23 heavy (non-hydrogen) atoms. The molecule has 7 nitrogen and oxygen atoms in total. The maximum Gasteiger partial charge on any atom is 0.416 e. The molecule has 2 N–H and O–H groups in total. The maximum absolute atomic E-state index is 12.7. The Morgan fingerprint density at radius 1 is 1.39 bits per heavy atom. The lowest BCUT2D eigenvalue weighted by Gasteiger charge is -2.23. The lowest BCUT2D eigenvalue weighted by molar-refractivity contribution is -0.137. The number of hydrogen-bond donors (Lipinski definition) is 2. The molecule has 0 saturated heterocycles. The van der Waals surface area contributed by atoms with Crippen molar-refractivity contribution >= 4 is 23.5 Å². The van der Waals surface area contributed by atoms with Gasteiger partial charge in [-0.25, -0.2) is 0 Å². The molecule has 0 radical (unpaired) electrons. The van der Waals surface area contributed by atoms with Gasteiger partial charge in [-0.3, -0.25) is 19.5 Å². The van der Waals surface area contributed by atoms with Crippen molar-refractivity contribution in [1.82, 2.24) is 14.8 Å². The first-order valence-electron chi connectivity index (χ1n) is 6.52. The predicted octanol–water partition coefficient (Wildman–Crippen LogP) is 1.82. The van der Waals surface area contributed by atoms with Crippen molar-refractivity contribution in [3.63, 3.8) is 0 Å². The van der Waals surface area contributed by atoms with E-state index < -0.39 is 29.6 Å². The van der Waals surface area contributed by atoms with Gasteiger partial charge in [-0.2, -0.15) is 13.2 Å². The molecular weight excluding hydrogens is 315 g/mol. The summed E-state index contributed by atoms with van der Waals surface area (Å²) < 4.78 is 39.4. The number of fused-ring (bicyclic) bond motifs is 1. The summed E-state index contributed by atoms with van der Waals surface area (Å²) in [7, 11) is 0. The number of hydrogen-bond acceptors (Lipinski definition) is 4. The zero-order valence-corrected chi connectivity index (χ0v) is 11.5. The number of carbonyl (C=O) groups excluding carboxylic acids is 2. The number of carbonyl (C=O) groups is 2. The van der Waals surface area contributed by atoms with Crippen LogP contribution in [0.2, 0.25) is 0 Å². The number of anilines is 2. The van der Waals surface area contributed by atoms with Crippen LogP contribution in [0.3, 0.4) is 0 Å². The van der Waals surface area contributed by atoms with Crippen LogP contribution in [0.4, 0.5) is 24.8 Å². The average molecular weight is 325 g/mol. The second-order valence-electron chi connectivity index (χ2n) is 4.90. The summed E-state index contributed by atoms with van der Waals surface area (Å²) in [4.78, 5) is 23.8. The van der Waals surface area contributed by atoms with E-state index in [1.54, 1.807) is 0 Å². The molecule has 1 aliphatic rings. The molecular formula is C13H10F3N5O2. The maximum atomic E-state index is 12.7. The summed E-state index contributed by atoms with van der Waals surface area (Å²) in [6.07, 6.45) is -3.39. The van der Waals surface area contributed by atoms with Crippen molar-refractivity contribution in [3.8, 4) is 0 Å². The van der Waals surface area contributed by atoms with Crippen LogP contribution in [0.1, 0.15) is 18.0 Å². The van der Waals surface area contributed by atoms with E-state index in [2.05, 4.69) is 20.8 Å². The fourth-order valence-electron chi connectivity index (χ4n) is 2.23. The minimum atomic E-state index is -4.51. The molecule has 1 atom stereocenters. The fourth-order valence-corrected chi connectivity index (χ4v) is 2.23. The molecule has 2 aromatic rings. The van der Waals surface area contributed by atoms with Crippen LogP contribution < -0.4 is 10.6 Å². The molecule has 0 aliphatic carbocycles. The highest BCUT2D eigenvalue weighted by Crippen LogP contribution is 2.31. The first kappa shape index (κ1) is 15.0. The molecule has 0 fully saturated rings. The quantitative estimate of drug-likeness (QED) is 0.881. The third-order valence-corrected chi connectivity index (χ3v) is 3.30. The highest BCUT2D eigenvalue weighted by Gasteiger charge is 2.33. The number of nitrogens with zero attached hydrogens (tertiary/aromatic N) is 3. The summed E-state index contributed by atoms with van der Waals surface area (Å²) >= 11 is 0. The lowest BCUT2D eigenvalue weighted by atomic mass is 10.1. The van der Waals surface area contributed by atoms with Gasteiger partial charge in [0.25, 0.3) is 0 Å². The molecule has 2 heterocycles. The molecule has 120 valence electrons. The highest BCUT2D eigenvalue weighted by atomic mass is 19.4. The van der Waals surface area contributed by atoms with Crippen LogP contribution in [0.5, 0.6) is 0 Å². The molecule has 3 rings (SSSR count). The van der Waals surface area contributed by atoms with Crippen LogP contribution in [0.25, 0.3) is 0 Å². The molecule has 2 amide bonds. The lowest BCUT2D eigenvalue weighted by Crippen LogP contribution is -2.35. The van der Waals surface area contributed by atoms with Gasteiger partial charge in [0.2, 0.25) is 17.8 Å². The minimum absolute atomic E-state index is 0.00886. The van der Waals surface area contributed by atoms with Crippen LogP contribution in [-0.2, 0) is 15.8 Å². The van der Waals surface area contributed by atoms with E-state index in [-0.39, 0.29) is 18.1 Å². The number of nitrogens with one attached hydrogen (secondary N) is 2. The van der Waals surface area contributed by atoms with Crippen molar-refractivity contribution in [1.29, 1.82) is 0 Å². The number of rotatable bonds is 2. The first-order valence-corrected chi connectivity index (χ1v) is 6.52. The van der Waals surface area contributed by atoms with Crippen molar-refractivity contribution in [2.24, 2.45) is 0 Å². The average Bonchev–Trinajstić information content (AvgIpc) is 2.93. The van der Waals surface area contributed by atoms with Crippen molar-refractivity contribution in [2.75, 3.05) is 10.6 Å². The Labute approximate surface area is 127 Å². The number of amides is 2. The van der Waals surface area contributed by atoms with Gasteiger partial charge in [-0.15, -0.1) is 10.2 Å². The molecule has 0 unspecified atom stereocenters. The second-order valence-corrected chi connectivity index (χ2v) is 4.90. The fraction of sp³-hybridized carbons (Fsp3) is 0.231. The Morgan fingerprint density at radius 2 is 2.17 bits per heavy atom. The smallest absolute Gasteiger partial charge is 0.324 e. The normalized spacial score (nSPS) is 17.3. The van der Waals surface area contributed by atoms with Crippen LogP contribution in [0, 0.1) is 0 Å². The number of aromatic nitrogens is 3. The van der Waals surface area contributed by atoms with Gasteiger partial charge in [0.1, 0.15) is 12.4 Å². The predicted molar refractivity (Wildman–Crippen MR) is 72.4 cm³/mol. The second kappa shape index (κ2) is 5.38. The van der Waals surface area contributed by atoms with Crippen molar-refractivity contribution in [2.45, 2.75) is 18.6 Å². The Bertz CT molecular complexity index is 771. The van der Waals surface area contributed by atoms with Gasteiger partial charge in [0, 0.05) is 5.69 Å². The summed E-state index contributed by atoms with van der Waals surface area (Å²) in [5, 5.41) is 12.1. The summed E-state index contributed by atoms with van der Waals surface area (Å²) in [6, 6.07) is 3.33. The Kier molecular flexibility index (Phi) is 3.51. The van der Waals surface area contributed by atoms with Gasteiger partial charge < -0.3 is 5.32 Å². The SMILES string of the molecule is O=C1C[C@H](C(=O)Nc2cccc(C(F)(F)F)c2)n2cnnc2N1. The van der Waals surface area contributed by atoms with E-state index >= 15 is 0 Å². The third kappa shape index (κ3) is 3.00. The zero-order chi connectivity index (χ0) is 16.6. The van der Waals surface area contributed by atoms with E-state index in [1.165, 1.54) is 23.0 Å². The molecule has 0 bridgehead atoms. The Morgan fingerprint density at radius 3 is 2.91 bits per heavy atom. The molecule has 0 spiro atoms. The van der Waals surface area contributed by atoms with Gasteiger partial charge in [-0.05, 0) is 18.2 Å². The van der Waals surface area contributed by atoms with Crippen LogP contribution >= 0.6 is 0 Å². The van der Waals surface area contributed by atoms with E-state index in [4.69, 9.17) is 0 Å². The molecule has 10 heteroatoms.